The first-order valence-corrected chi connectivity index (χ1v) is 8.09. The maximum absolute atomic E-state index is 12.9. The molecule has 5 heteroatoms. The maximum atomic E-state index is 12.9. The molecule has 0 fully saturated rings. The molecular weight excluding hydrogens is 333 g/mol. The lowest BCUT2D eigenvalue weighted by molar-refractivity contribution is 0.0996. The van der Waals surface area contributed by atoms with E-state index in [1.165, 1.54) is 12.1 Å². The number of nitrogens with two attached hydrogens (primary N) is 1. The van der Waals surface area contributed by atoms with Gasteiger partial charge in [0.25, 0.3) is 5.91 Å². The second-order valence-corrected chi connectivity index (χ2v) is 5.71. The van der Waals surface area contributed by atoms with E-state index in [1.807, 2.05) is 24.3 Å². The number of para-hydroxylation sites is 1. The fourth-order valence-corrected chi connectivity index (χ4v) is 2.39. The van der Waals surface area contributed by atoms with Gasteiger partial charge in [-0.05, 0) is 47.5 Å². The Morgan fingerprint density at radius 1 is 0.808 bits per heavy atom. The molecule has 26 heavy (non-hydrogen) atoms. The summed E-state index contributed by atoms with van der Waals surface area (Å²) < 4.78 is 24.2. The number of rotatable bonds is 7. The molecule has 0 aliphatic heterocycles. The Morgan fingerprint density at radius 2 is 1.38 bits per heavy atom. The molecular formula is C21H18FNO3. The molecule has 3 aromatic rings. The monoisotopic (exact) mass is 351 g/mol. The van der Waals surface area contributed by atoms with Crippen LogP contribution in [0.3, 0.4) is 0 Å². The van der Waals surface area contributed by atoms with Crippen LogP contribution >= 0.6 is 0 Å². The minimum Gasteiger partial charge on any atom is -0.489 e. The molecule has 3 rings (SSSR count). The van der Waals surface area contributed by atoms with E-state index in [-0.39, 0.29) is 5.82 Å². The summed E-state index contributed by atoms with van der Waals surface area (Å²) in [5.74, 6) is 0.369. The second kappa shape index (κ2) is 8.16. The zero-order valence-corrected chi connectivity index (χ0v) is 14.0. The third-order valence-corrected chi connectivity index (χ3v) is 3.79. The number of hydrogen-bond donors (Lipinski definition) is 1. The minimum absolute atomic E-state index is 0.268. The van der Waals surface area contributed by atoms with Crippen molar-refractivity contribution in [1.29, 1.82) is 0 Å². The summed E-state index contributed by atoms with van der Waals surface area (Å²) in [6, 6.07) is 20.5. The maximum Gasteiger partial charge on any atom is 0.252 e. The molecule has 0 saturated heterocycles. The van der Waals surface area contributed by atoms with Crippen molar-refractivity contribution in [3.05, 3.63) is 95.3 Å². The molecule has 1 amide bonds. The van der Waals surface area contributed by atoms with Crippen molar-refractivity contribution in [1.82, 2.24) is 0 Å². The first-order chi connectivity index (χ1) is 12.6. The second-order valence-electron chi connectivity index (χ2n) is 5.71. The number of benzene rings is 3. The number of carbonyl (C=O) groups excluding carboxylic acids is 1. The fraction of sp³-hybridized carbons (Fsp3) is 0.0952. The molecule has 0 saturated carbocycles. The van der Waals surface area contributed by atoms with Gasteiger partial charge in [0.05, 0.1) is 5.56 Å². The van der Waals surface area contributed by atoms with Crippen LogP contribution < -0.4 is 15.2 Å². The lowest BCUT2D eigenvalue weighted by Crippen LogP contribution is -2.12. The number of halogens is 1. The molecule has 2 N–H and O–H groups in total. The highest BCUT2D eigenvalue weighted by atomic mass is 19.1. The SMILES string of the molecule is NC(=O)c1ccccc1OCc1ccc(OCc2ccc(F)cc2)cc1. The Kier molecular flexibility index (Phi) is 5.49. The first-order valence-electron chi connectivity index (χ1n) is 8.09. The molecule has 0 heterocycles. The molecule has 0 bridgehead atoms. The molecule has 132 valence electrons. The number of hydrogen-bond acceptors (Lipinski definition) is 3. The van der Waals surface area contributed by atoms with Crippen molar-refractivity contribution >= 4 is 5.91 Å². The van der Waals surface area contributed by atoms with Crippen molar-refractivity contribution in [2.45, 2.75) is 13.2 Å². The Balaban J connectivity index is 1.56. The van der Waals surface area contributed by atoms with Gasteiger partial charge in [0.1, 0.15) is 30.5 Å². The molecule has 0 unspecified atom stereocenters. The zero-order chi connectivity index (χ0) is 18.4. The van der Waals surface area contributed by atoms with Crippen LogP contribution in [0.1, 0.15) is 21.5 Å². The van der Waals surface area contributed by atoms with Crippen molar-refractivity contribution in [2.75, 3.05) is 0 Å². The van der Waals surface area contributed by atoms with Crippen LogP contribution in [0.5, 0.6) is 11.5 Å². The summed E-state index contributed by atoms with van der Waals surface area (Å²) in [6.45, 7) is 0.671. The van der Waals surface area contributed by atoms with E-state index in [0.717, 1.165) is 11.1 Å². The van der Waals surface area contributed by atoms with Crippen LogP contribution in [-0.4, -0.2) is 5.91 Å². The van der Waals surface area contributed by atoms with Crippen LogP contribution in [0.4, 0.5) is 4.39 Å². The van der Waals surface area contributed by atoms with Gasteiger partial charge in [0.2, 0.25) is 0 Å². The summed E-state index contributed by atoms with van der Waals surface area (Å²) in [6.07, 6.45) is 0. The highest BCUT2D eigenvalue weighted by Crippen LogP contribution is 2.20. The molecule has 0 aliphatic rings. The van der Waals surface area contributed by atoms with Gasteiger partial charge in [0.15, 0.2) is 0 Å². The Hall–Kier alpha value is -3.34. The van der Waals surface area contributed by atoms with Crippen molar-refractivity contribution in [3.63, 3.8) is 0 Å². The molecule has 4 nitrogen and oxygen atoms in total. The van der Waals surface area contributed by atoms with E-state index in [2.05, 4.69) is 0 Å². The number of primary amides is 1. The normalized spacial score (nSPS) is 10.3. The fourth-order valence-electron chi connectivity index (χ4n) is 2.39. The molecule has 0 aliphatic carbocycles. The summed E-state index contributed by atoms with van der Waals surface area (Å²) in [4.78, 5) is 11.4. The third-order valence-electron chi connectivity index (χ3n) is 3.79. The highest BCUT2D eigenvalue weighted by Gasteiger charge is 2.08. The smallest absolute Gasteiger partial charge is 0.252 e. The summed E-state index contributed by atoms with van der Waals surface area (Å²) in [5.41, 5.74) is 7.51. The van der Waals surface area contributed by atoms with Crippen LogP contribution in [0.15, 0.2) is 72.8 Å². The molecule has 3 aromatic carbocycles. The topological polar surface area (TPSA) is 61.6 Å². The Labute approximate surface area is 151 Å². The molecule has 0 aromatic heterocycles. The van der Waals surface area contributed by atoms with Gasteiger partial charge < -0.3 is 15.2 Å². The van der Waals surface area contributed by atoms with Gasteiger partial charge in [-0.25, -0.2) is 4.39 Å². The van der Waals surface area contributed by atoms with E-state index in [4.69, 9.17) is 15.2 Å². The van der Waals surface area contributed by atoms with Gasteiger partial charge in [-0.3, -0.25) is 4.79 Å². The van der Waals surface area contributed by atoms with Crippen LogP contribution in [0.2, 0.25) is 0 Å². The van der Waals surface area contributed by atoms with Crippen molar-refractivity contribution in [3.8, 4) is 11.5 Å². The molecule has 0 atom stereocenters. The highest BCUT2D eigenvalue weighted by molar-refractivity contribution is 5.95. The third kappa shape index (κ3) is 4.60. The van der Waals surface area contributed by atoms with E-state index >= 15 is 0 Å². The van der Waals surface area contributed by atoms with E-state index < -0.39 is 5.91 Å². The van der Waals surface area contributed by atoms with Gasteiger partial charge >= 0.3 is 0 Å². The summed E-state index contributed by atoms with van der Waals surface area (Å²) in [7, 11) is 0. The number of amides is 1. The van der Waals surface area contributed by atoms with E-state index in [0.29, 0.717) is 30.3 Å². The quantitative estimate of drug-likeness (QED) is 0.698. The number of ether oxygens (including phenoxy) is 2. The van der Waals surface area contributed by atoms with Gasteiger partial charge in [0, 0.05) is 0 Å². The van der Waals surface area contributed by atoms with Gasteiger partial charge in [-0.1, -0.05) is 36.4 Å². The van der Waals surface area contributed by atoms with Crippen LogP contribution in [0, 0.1) is 5.82 Å². The predicted octanol–water partition coefficient (Wildman–Crippen LogP) is 4.08. The standard InChI is InChI=1S/C21H18FNO3/c22-17-9-5-15(6-10-17)13-25-18-11-7-16(8-12-18)14-26-20-4-2-1-3-19(20)21(23)24/h1-12H,13-14H2,(H2,23,24). The first kappa shape index (κ1) is 17.5. The van der Waals surface area contributed by atoms with Crippen molar-refractivity contribution in [2.24, 2.45) is 5.73 Å². The minimum atomic E-state index is -0.523. The zero-order valence-electron chi connectivity index (χ0n) is 14.0. The molecule has 0 spiro atoms. The summed E-state index contributed by atoms with van der Waals surface area (Å²) >= 11 is 0. The Bertz CT molecular complexity index is 877. The van der Waals surface area contributed by atoms with Crippen LogP contribution in [0.25, 0.3) is 0 Å². The average Bonchev–Trinajstić information content (AvgIpc) is 2.67. The van der Waals surface area contributed by atoms with Gasteiger partial charge in [-0.15, -0.1) is 0 Å². The van der Waals surface area contributed by atoms with E-state index in [9.17, 15) is 9.18 Å². The molecule has 0 radical (unpaired) electrons. The van der Waals surface area contributed by atoms with Crippen molar-refractivity contribution < 1.29 is 18.7 Å². The average molecular weight is 351 g/mol. The lowest BCUT2D eigenvalue weighted by Gasteiger charge is -2.10. The van der Waals surface area contributed by atoms with Gasteiger partial charge in [-0.2, -0.15) is 0 Å². The number of carbonyl (C=O) groups is 1. The Morgan fingerprint density at radius 3 is 2.04 bits per heavy atom. The summed E-state index contributed by atoms with van der Waals surface area (Å²) in [5, 5.41) is 0. The van der Waals surface area contributed by atoms with E-state index in [1.54, 1.807) is 36.4 Å². The largest absolute Gasteiger partial charge is 0.489 e. The van der Waals surface area contributed by atoms with Crippen LogP contribution in [-0.2, 0) is 13.2 Å². The predicted molar refractivity (Wildman–Crippen MR) is 96.5 cm³/mol. The lowest BCUT2D eigenvalue weighted by atomic mass is 10.2.